The first-order chi connectivity index (χ1) is 8.70. The monoisotopic (exact) mass is 241 g/mol. The van der Waals surface area contributed by atoms with Gasteiger partial charge in [0.05, 0.1) is 11.7 Å². The number of hydrogen-bond donors (Lipinski definition) is 2. The van der Waals surface area contributed by atoms with Crippen molar-refractivity contribution >= 4 is 33.9 Å². The van der Waals surface area contributed by atoms with E-state index in [-0.39, 0.29) is 5.91 Å². The van der Waals surface area contributed by atoms with Crippen LogP contribution in [0.3, 0.4) is 0 Å². The number of hydrogen-bond acceptors (Lipinski definition) is 3. The van der Waals surface area contributed by atoms with Crippen molar-refractivity contribution in [3.05, 3.63) is 31.1 Å². The molecule has 90 valence electrons. The summed E-state index contributed by atoms with van der Waals surface area (Å²) in [6, 6.07) is 1.94. The molecule has 18 heavy (non-hydrogen) atoms. The van der Waals surface area contributed by atoms with Gasteiger partial charge in [0.15, 0.2) is 0 Å². The van der Waals surface area contributed by atoms with E-state index in [1.54, 1.807) is 6.20 Å². The predicted molar refractivity (Wildman–Crippen MR) is 69.2 cm³/mol. The minimum absolute atomic E-state index is 0.285. The van der Waals surface area contributed by atoms with Gasteiger partial charge in [-0.3, -0.25) is 10.1 Å². The molecule has 3 rings (SSSR count). The predicted octanol–water partition coefficient (Wildman–Crippen LogP) is 1.57. The number of carbonyl (C=O) groups excluding carboxylic acids is 1. The van der Waals surface area contributed by atoms with Crippen molar-refractivity contribution in [3.63, 3.8) is 0 Å². The number of anilines is 1. The number of fused-ring (bicyclic) bond motifs is 3. The number of H-pyrrole nitrogens is 1. The zero-order valence-electron chi connectivity index (χ0n) is 9.77. The summed E-state index contributed by atoms with van der Waals surface area (Å²) in [4.78, 5) is 23.0. The van der Waals surface area contributed by atoms with Gasteiger partial charge in [-0.2, -0.15) is 0 Å². The lowest BCUT2D eigenvalue weighted by atomic mass is 10.3. The Kier molecular flexibility index (Phi) is 2.16. The molecule has 6 heteroatoms. The third kappa shape index (κ3) is 1.39. The number of carbonyl (C=O) groups is 1. The van der Waals surface area contributed by atoms with E-state index in [2.05, 4.69) is 26.8 Å². The second-order valence-electron chi connectivity index (χ2n) is 3.92. The highest BCUT2D eigenvalue weighted by atomic mass is 16.1. The number of rotatable bonds is 2. The lowest BCUT2D eigenvalue weighted by Gasteiger charge is -2.02. The molecule has 0 aliphatic rings. The normalized spacial score (nSPS) is 10.9. The van der Waals surface area contributed by atoms with E-state index >= 15 is 0 Å². The van der Waals surface area contributed by atoms with Gasteiger partial charge >= 0.3 is 0 Å². The zero-order valence-corrected chi connectivity index (χ0v) is 9.77. The number of aromatic amines is 1. The summed E-state index contributed by atoms with van der Waals surface area (Å²) in [7, 11) is 1.85. The molecule has 0 saturated heterocycles. The topological polar surface area (TPSA) is 75.6 Å². The molecule has 2 N–H and O–H groups in total. The first-order valence-corrected chi connectivity index (χ1v) is 5.42. The van der Waals surface area contributed by atoms with E-state index in [1.165, 1.54) is 6.08 Å². The van der Waals surface area contributed by atoms with Crippen LogP contribution >= 0.6 is 0 Å². The fourth-order valence-corrected chi connectivity index (χ4v) is 1.99. The number of aryl methyl sites for hydroxylation is 1. The minimum Gasteiger partial charge on any atom is -0.346 e. The van der Waals surface area contributed by atoms with Crippen LogP contribution in [0.25, 0.3) is 22.1 Å². The Morgan fingerprint density at radius 3 is 3.22 bits per heavy atom. The molecule has 3 aromatic heterocycles. The molecule has 0 aliphatic carbocycles. The first-order valence-electron chi connectivity index (χ1n) is 5.42. The molecule has 0 aromatic carbocycles. The quantitative estimate of drug-likeness (QED) is 0.669. The largest absolute Gasteiger partial charge is 0.346 e. The Morgan fingerprint density at radius 1 is 1.61 bits per heavy atom. The van der Waals surface area contributed by atoms with Crippen LogP contribution in [-0.4, -0.2) is 25.4 Å². The summed E-state index contributed by atoms with van der Waals surface area (Å²) in [6.45, 7) is 3.42. The van der Waals surface area contributed by atoms with Gasteiger partial charge in [-0.1, -0.05) is 6.58 Å². The molecule has 0 fully saturated rings. The molecule has 6 nitrogen and oxygen atoms in total. The smallest absolute Gasteiger partial charge is 0.250 e. The molecule has 0 radical (unpaired) electrons. The number of imidazole rings is 1. The SMILES string of the molecule is C=CC(=O)Nc1nc2cnc3[nH]ccc3c2n1C. The molecule has 1 amide bonds. The van der Waals surface area contributed by atoms with Crippen molar-refractivity contribution in [1.29, 1.82) is 0 Å². The van der Waals surface area contributed by atoms with Crippen LogP contribution in [0.2, 0.25) is 0 Å². The lowest BCUT2D eigenvalue weighted by molar-refractivity contribution is -0.111. The maximum absolute atomic E-state index is 11.3. The number of pyridine rings is 1. The van der Waals surface area contributed by atoms with Crippen LogP contribution < -0.4 is 5.32 Å². The van der Waals surface area contributed by atoms with E-state index in [1.807, 2.05) is 23.9 Å². The first kappa shape index (κ1) is 10.5. The summed E-state index contributed by atoms with van der Waals surface area (Å²) in [6.07, 6.45) is 4.72. The highest BCUT2D eigenvalue weighted by Crippen LogP contribution is 2.24. The lowest BCUT2D eigenvalue weighted by Crippen LogP contribution is -2.11. The molecule has 0 aliphatic heterocycles. The van der Waals surface area contributed by atoms with Gasteiger partial charge < -0.3 is 9.55 Å². The number of nitrogens with zero attached hydrogens (tertiary/aromatic N) is 3. The maximum Gasteiger partial charge on any atom is 0.250 e. The third-order valence-corrected chi connectivity index (χ3v) is 2.84. The van der Waals surface area contributed by atoms with Gasteiger partial charge in [-0.15, -0.1) is 0 Å². The van der Waals surface area contributed by atoms with Crippen LogP contribution in [0.15, 0.2) is 31.1 Å². The van der Waals surface area contributed by atoms with E-state index in [9.17, 15) is 4.79 Å². The average Bonchev–Trinajstić information content (AvgIpc) is 2.94. The van der Waals surface area contributed by atoms with E-state index in [4.69, 9.17) is 0 Å². The van der Waals surface area contributed by atoms with Gasteiger partial charge in [-0.25, -0.2) is 9.97 Å². The highest BCUT2D eigenvalue weighted by molar-refractivity contribution is 6.04. The van der Waals surface area contributed by atoms with E-state index in [0.717, 1.165) is 22.1 Å². The molecule has 0 bridgehead atoms. The summed E-state index contributed by atoms with van der Waals surface area (Å²) in [5, 5.41) is 3.64. The second kappa shape index (κ2) is 3.69. The minimum atomic E-state index is -0.285. The Balaban J connectivity index is 2.26. The Morgan fingerprint density at radius 2 is 2.44 bits per heavy atom. The highest BCUT2D eigenvalue weighted by Gasteiger charge is 2.12. The molecular weight excluding hydrogens is 230 g/mol. The van der Waals surface area contributed by atoms with Crippen molar-refractivity contribution in [2.24, 2.45) is 7.05 Å². The van der Waals surface area contributed by atoms with Crippen LogP contribution in [-0.2, 0) is 11.8 Å². The zero-order chi connectivity index (χ0) is 12.7. The fraction of sp³-hybridized carbons (Fsp3) is 0.0833. The number of aromatic nitrogens is 4. The van der Waals surface area contributed by atoms with Gasteiger partial charge in [0.2, 0.25) is 11.9 Å². The van der Waals surface area contributed by atoms with Crippen molar-refractivity contribution < 1.29 is 4.79 Å². The molecule has 0 unspecified atom stereocenters. The molecule has 3 aromatic rings. The fourth-order valence-electron chi connectivity index (χ4n) is 1.99. The van der Waals surface area contributed by atoms with Crippen LogP contribution in [0, 0.1) is 0 Å². The van der Waals surface area contributed by atoms with Gasteiger partial charge in [0, 0.05) is 18.6 Å². The van der Waals surface area contributed by atoms with Crippen LogP contribution in [0.5, 0.6) is 0 Å². The van der Waals surface area contributed by atoms with Crippen LogP contribution in [0.4, 0.5) is 5.95 Å². The van der Waals surface area contributed by atoms with E-state index < -0.39 is 0 Å². The van der Waals surface area contributed by atoms with Crippen LogP contribution in [0.1, 0.15) is 0 Å². The Labute approximate surface area is 102 Å². The molecular formula is C12H11N5O. The summed E-state index contributed by atoms with van der Waals surface area (Å²) >= 11 is 0. The Bertz CT molecular complexity index is 767. The average molecular weight is 241 g/mol. The Hall–Kier alpha value is -2.63. The summed E-state index contributed by atoms with van der Waals surface area (Å²) < 4.78 is 1.83. The van der Waals surface area contributed by atoms with Crippen molar-refractivity contribution in [1.82, 2.24) is 19.5 Å². The standard InChI is InChI=1S/C12H11N5O/c1-3-9(18)16-12-15-8-6-14-11-7(4-5-13-11)10(8)17(12)2/h3-6H,1H2,2H3,(H,13,14)(H,15,16,18). The molecule has 3 heterocycles. The number of amides is 1. The second-order valence-corrected chi connectivity index (χ2v) is 3.92. The maximum atomic E-state index is 11.3. The van der Waals surface area contributed by atoms with Crippen molar-refractivity contribution in [2.45, 2.75) is 0 Å². The van der Waals surface area contributed by atoms with Gasteiger partial charge in [0.25, 0.3) is 0 Å². The van der Waals surface area contributed by atoms with Crippen molar-refractivity contribution in [2.75, 3.05) is 5.32 Å². The molecule has 0 spiro atoms. The summed E-state index contributed by atoms with van der Waals surface area (Å²) in [5.41, 5.74) is 2.47. The molecule has 0 atom stereocenters. The number of nitrogens with one attached hydrogen (secondary N) is 2. The molecule has 0 saturated carbocycles. The van der Waals surface area contributed by atoms with Gasteiger partial charge in [0.1, 0.15) is 11.2 Å². The van der Waals surface area contributed by atoms with Crippen molar-refractivity contribution in [3.8, 4) is 0 Å². The van der Waals surface area contributed by atoms with E-state index in [0.29, 0.717) is 5.95 Å². The third-order valence-electron chi connectivity index (χ3n) is 2.84. The van der Waals surface area contributed by atoms with Gasteiger partial charge in [-0.05, 0) is 12.1 Å². The summed E-state index contributed by atoms with van der Waals surface area (Å²) in [5.74, 6) is 0.192.